The summed E-state index contributed by atoms with van der Waals surface area (Å²) in [5.41, 5.74) is 0. The van der Waals surface area contributed by atoms with Gasteiger partial charge in [0, 0.05) is 0 Å². The summed E-state index contributed by atoms with van der Waals surface area (Å²) in [6.07, 6.45) is 1.50. The first kappa shape index (κ1) is 13.9. The van der Waals surface area contributed by atoms with E-state index in [9.17, 15) is 9.79 Å². The van der Waals surface area contributed by atoms with E-state index < -0.39 is 7.28 Å². The van der Waals surface area contributed by atoms with Gasteiger partial charge in [-0.25, -0.2) is 0 Å². The average Bonchev–Trinajstić information content (AvgIpc) is 2.47. The third-order valence-corrected chi connectivity index (χ3v) is 5.98. The van der Waals surface area contributed by atoms with E-state index in [-0.39, 0.29) is 6.61 Å². The van der Waals surface area contributed by atoms with Crippen molar-refractivity contribution >= 4 is 17.9 Å². The molecule has 19 heavy (non-hydrogen) atoms. The molecule has 0 unspecified atom stereocenters. The first-order valence-electron chi connectivity index (χ1n) is 5.96. The molecule has 0 spiro atoms. The molecule has 100 valence electrons. The molecule has 2 rings (SSSR count). The molecule has 2 N–H and O–H groups in total. The fraction of sp³-hybridized carbons (Fsp3) is 0.0667. The monoisotopic (exact) mass is 276 g/mol. The van der Waals surface area contributed by atoms with Crippen molar-refractivity contribution < 1.29 is 14.3 Å². The van der Waals surface area contributed by atoms with Crippen LogP contribution in [0.5, 0.6) is 0 Å². The van der Waals surface area contributed by atoms with Gasteiger partial charge >= 0.3 is 112 Å². The maximum atomic E-state index is 11.0. The van der Waals surface area contributed by atoms with E-state index >= 15 is 0 Å². The summed E-state index contributed by atoms with van der Waals surface area (Å²) in [4.78, 5) is 21.9. The van der Waals surface area contributed by atoms with E-state index in [0.29, 0.717) is 10.6 Å². The van der Waals surface area contributed by atoms with Gasteiger partial charge < -0.3 is 0 Å². The van der Waals surface area contributed by atoms with Crippen molar-refractivity contribution in [1.82, 2.24) is 0 Å². The minimum absolute atomic E-state index is 0.0641. The standard InChI is InChI=1S/C15H17O3P/c1-2-13-18-19(16,17,14-9-5-3-6-10-14)15-11-7-4-8-12-15/h2-12,16-17H,1,13H2. The van der Waals surface area contributed by atoms with Crippen molar-refractivity contribution in [3.63, 3.8) is 0 Å². The van der Waals surface area contributed by atoms with Crippen LogP contribution in [0.2, 0.25) is 0 Å². The van der Waals surface area contributed by atoms with Gasteiger partial charge in [0.25, 0.3) is 0 Å². The first-order chi connectivity index (χ1) is 9.07. The molecule has 0 saturated heterocycles. The van der Waals surface area contributed by atoms with Gasteiger partial charge in [0.1, 0.15) is 0 Å². The Kier molecular flexibility index (Phi) is 3.83. The molecule has 0 saturated carbocycles. The second kappa shape index (κ2) is 5.24. The maximum absolute atomic E-state index is 11.0. The normalized spacial score (nSPS) is 13.5. The van der Waals surface area contributed by atoms with Crippen molar-refractivity contribution in [2.24, 2.45) is 0 Å². The molecule has 0 aromatic heterocycles. The minimum atomic E-state index is -4.58. The quantitative estimate of drug-likeness (QED) is 0.649. The molecule has 0 radical (unpaired) electrons. The Morgan fingerprint density at radius 3 is 1.68 bits per heavy atom. The van der Waals surface area contributed by atoms with Crippen molar-refractivity contribution in [3.8, 4) is 0 Å². The van der Waals surface area contributed by atoms with Gasteiger partial charge in [-0.05, 0) is 0 Å². The zero-order chi connectivity index (χ0) is 13.8. The zero-order valence-corrected chi connectivity index (χ0v) is 11.4. The van der Waals surface area contributed by atoms with Crippen LogP contribution in [0.4, 0.5) is 0 Å². The molecule has 0 aliphatic heterocycles. The second-order valence-electron chi connectivity index (χ2n) is 4.20. The Labute approximate surface area is 113 Å². The molecule has 4 heteroatoms. The van der Waals surface area contributed by atoms with Gasteiger partial charge in [0.2, 0.25) is 0 Å². The summed E-state index contributed by atoms with van der Waals surface area (Å²) in [6.45, 7) is 3.62. The van der Waals surface area contributed by atoms with Gasteiger partial charge in [-0.3, -0.25) is 0 Å². The topological polar surface area (TPSA) is 49.7 Å². The molecule has 2 aromatic carbocycles. The first-order valence-corrected chi connectivity index (χ1v) is 8.02. The Bertz CT molecular complexity index is 509. The Hall–Kier alpha value is -1.51. The molecule has 0 amide bonds. The molecule has 0 heterocycles. The van der Waals surface area contributed by atoms with Crippen molar-refractivity contribution in [2.75, 3.05) is 6.61 Å². The third-order valence-electron chi connectivity index (χ3n) is 2.88. The molecule has 2 aromatic rings. The van der Waals surface area contributed by atoms with Crippen LogP contribution in [0.1, 0.15) is 0 Å². The van der Waals surface area contributed by atoms with Crippen LogP contribution in [0.15, 0.2) is 73.3 Å². The summed E-state index contributed by atoms with van der Waals surface area (Å²) < 4.78 is 5.46. The molecule has 0 aliphatic rings. The SMILES string of the molecule is C=CCOP(O)(O)(c1ccccc1)c1ccccc1. The number of hydrogen-bond donors (Lipinski definition) is 2. The van der Waals surface area contributed by atoms with Gasteiger partial charge in [0.15, 0.2) is 0 Å². The summed E-state index contributed by atoms with van der Waals surface area (Å²) in [5, 5.41) is 0.753. The molecular formula is C15H17O3P. The molecular weight excluding hydrogens is 259 g/mol. The molecule has 3 nitrogen and oxygen atoms in total. The van der Waals surface area contributed by atoms with E-state index in [4.69, 9.17) is 4.52 Å². The summed E-state index contributed by atoms with van der Waals surface area (Å²) in [7, 11) is -4.58. The number of benzene rings is 2. The van der Waals surface area contributed by atoms with Crippen molar-refractivity contribution in [1.29, 1.82) is 0 Å². The Morgan fingerprint density at radius 1 is 0.895 bits per heavy atom. The summed E-state index contributed by atoms with van der Waals surface area (Å²) in [5.74, 6) is 0. The Morgan fingerprint density at radius 2 is 1.32 bits per heavy atom. The fourth-order valence-electron chi connectivity index (χ4n) is 1.89. The number of rotatable bonds is 5. The van der Waals surface area contributed by atoms with Crippen LogP contribution in [-0.2, 0) is 4.52 Å². The molecule has 0 fully saturated rings. The Balaban J connectivity index is 2.60. The van der Waals surface area contributed by atoms with Crippen LogP contribution in [0.3, 0.4) is 0 Å². The van der Waals surface area contributed by atoms with E-state index in [1.807, 2.05) is 12.1 Å². The predicted molar refractivity (Wildman–Crippen MR) is 79.7 cm³/mol. The molecule has 0 atom stereocenters. The van der Waals surface area contributed by atoms with Crippen LogP contribution in [0, 0.1) is 0 Å². The predicted octanol–water partition coefficient (Wildman–Crippen LogP) is 2.12. The van der Waals surface area contributed by atoms with Gasteiger partial charge in [-0.2, -0.15) is 0 Å². The van der Waals surface area contributed by atoms with E-state index in [1.54, 1.807) is 48.5 Å². The fourth-order valence-corrected chi connectivity index (χ4v) is 4.29. The average molecular weight is 276 g/mol. The number of hydrogen-bond acceptors (Lipinski definition) is 3. The van der Waals surface area contributed by atoms with E-state index in [2.05, 4.69) is 6.58 Å². The second-order valence-corrected chi connectivity index (χ2v) is 7.39. The van der Waals surface area contributed by atoms with Crippen LogP contribution in [0.25, 0.3) is 0 Å². The molecule has 0 bridgehead atoms. The third kappa shape index (κ3) is 2.60. The van der Waals surface area contributed by atoms with Gasteiger partial charge in [-0.15, -0.1) is 0 Å². The van der Waals surface area contributed by atoms with Crippen molar-refractivity contribution in [3.05, 3.63) is 73.3 Å². The van der Waals surface area contributed by atoms with Crippen LogP contribution >= 0.6 is 7.28 Å². The summed E-state index contributed by atoms with van der Waals surface area (Å²) in [6, 6.07) is 17.3. The van der Waals surface area contributed by atoms with Crippen LogP contribution in [-0.4, -0.2) is 16.4 Å². The van der Waals surface area contributed by atoms with Crippen molar-refractivity contribution in [2.45, 2.75) is 0 Å². The van der Waals surface area contributed by atoms with Crippen LogP contribution < -0.4 is 10.6 Å². The van der Waals surface area contributed by atoms with E-state index in [1.165, 1.54) is 6.08 Å². The zero-order valence-electron chi connectivity index (χ0n) is 10.5. The van der Waals surface area contributed by atoms with Gasteiger partial charge in [-0.1, -0.05) is 0 Å². The van der Waals surface area contributed by atoms with Gasteiger partial charge in [0.05, 0.1) is 0 Å². The van der Waals surface area contributed by atoms with E-state index in [0.717, 1.165) is 0 Å². The summed E-state index contributed by atoms with van der Waals surface area (Å²) >= 11 is 0. The molecule has 0 aliphatic carbocycles.